The van der Waals surface area contributed by atoms with Gasteiger partial charge < -0.3 is 10.2 Å². The van der Waals surface area contributed by atoms with E-state index < -0.39 is 11.8 Å². The normalized spacial score (nSPS) is 10.5. The van der Waals surface area contributed by atoms with Crippen LogP contribution in [-0.4, -0.2) is 32.1 Å². The highest BCUT2D eigenvalue weighted by Crippen LogP contribution is 2.20. The Morgan fingerprint density at radius 3 is 2.33 bits per heavy atom. The third-order valence-corrected chi connectivity index (χ3v) is 3.45. The van der Waals surface area contributed by atoms with Crippen LogP contribution in [0.1, 0.15) is 5.56 Å². The van der Waals surface area contributed by atoms with Crippen LogP contribution in [0.5, 0.6) is 0 Å². The Morgan fingerprint density at radius 1 is 1.04 bits per heavy atom. The SMILES string of the molecule is CN(C)c1ccc(/C=N/NC(=O)C(=O)Nc2ccccc2Cl)cc1. The summed E-state index contributed by atoms with van der Waals surface area (Å²) in [7, 11) is 3.89. The fourth-order valence-electron chi connectivity index (χ4n) is 1.82. The second kappa shape index (κ2) is 8.12. The number of nitrogens with one attached hydrogen (secondary N) is 2. The quantitative estimate of drug-likeness (QED) is 0.508. The lowest BCUT2D eigenvalue weighted by Crippen LogP contribution is -2.32. The van der Waals surface area contributed by atoms with E-state index in [-0.39, 0.29) is 0 Å². The summed E-state index contributed by atoms with van der Waals surface area (Å²) in [6, 6.07) is 14.2. The standard InChI is InChI=1S/C17H17ClN4O2/c1-22(2)13-9-7-12(8-10-13)11-19-21-17(24)16(23)20-15-6-4-3-5-14(15)18/h3-11H,1-2H3,(H,20,23)(H,21,24)/b19-11+. The van der Waals surface area contributed by atoms with Gasteiger partial charge >= 0.3 is 11.8 Å². The first-order chi connectivity index (χ1) is 11.5. The number of hydrogen-bond acceptors (Lipinski definition) is 4. The average molecular weight is 345 g/mol. The molecule has 0 aromatic heterocycles. The van der Waals surface area contributed by atoms with Gasteiger partial charge in [0.15, 0.2) is 0 Å². The van der Waals surface area contributed by atoms with Crippen molar-refractivity contribution < 1.29 is 9.59 Å². The first-order valence-corrected chi connectivity index (χ1v) is 7.51. The van der Waals surface area contributed by atoms with Crippen molar-refractivity contribution in [3.63, 3.8) is 0 Å². The van der Waals surface area contributed by atoms with Gasteiger partial charge in [-0.15, -0.1) is 0 Å². The number of nitrogens with zero attached hydrogens (tertiary/aromatic N) is 2. The van der Waals surface area contributed by atoms with Crippen LogP contribution in [0.3, 0.4) is 0 Å². The number of benzene rings is 2. The molecule has 0 aliphatic carbocycles. The number of para-hydroxylation sites is 1. The minimum atomic E-state index is -0.879. The molecule has 0 unspecified atom stereocenters. The minimum absolute atomic E-state index is 0.350. The van der Waals surface area contributed by atoms with Crippen LogP contribution >= 0.6 is 11.6 Å². The predicted octanol–water partition coefficient (Wildman–Crippen LogP) is 2.49. The Kier molecular flexibility index (Phi) is 5.92. The third-order valence-electron chi connectivity index (χ3n) is 3.12. The Balaban J connectivity index is 1.90. The van der Waals surface area contributed by atoms with Crippen molar-refractivity contribution in [1.29, 1.82) is 0 Å². The molecule has 0 aliphatic rings. The van der Waals surface area contributed by atoms with Gasteiger partial charge in [0.1, 0.15) is 0 Å². The number of halogens is 1. The van der Waals surface area contributed by atoms with Crippen LogP contribution in [0.15, 0.2) is 53.6 Å². The third kappa shape index (κ3) is 4.82. The van der Waals surface area contributed by atoms with Gasteiger partial charge in [-0.2, -0.15) is 5.10 Å². The number of hydrogen-bond donors (Lipinski definition) is 2. The highest BCUT2D eigenvalue weighted by Gasteiger charge is 2.13. The summed E-state index contributed by atoms with van der Waals surface area (Å²) in [5, 5.41) is 6.54. The summed E-state index contributed by atoms with van der Waals surface area (Å²) < 4.78 is 0. The summed E-state index contributed by atoms with van der Waals surface area (Å²) >= 11 is 5.91. The van der Waals surface area contributed by atoms with Crippen LogP contribution < -0.4 is 15.6 Å². The van der Waals surface area contributed by atoms with E-state index in [1.54, 1.807) is 24.3 Å². The summed E-state index contributed by atoms with van der Waals surface area (Å²) in [6.45, 7) is 0. The monoisotopic (exact) mass is 344 g/mol. The van der Waals surface area contributed by atoms with Crippen molar-refractivity contribution >= 4 is 41.0 Å². The Labute approximate surface area is 145 Å². The maximum Gasteiger partial charge on any atom is 0.329 e. The number of carbonyl (C=O) groups is 2. The molecule has 7 heteroatoms. The number of amides is 2. The van der Waals surface area contributed by atoms with Crippen molar-refractivity contribution in [2.45, 2.75) is 0 Å². The lowest BCUT2D eigenvalue weighted by atomic mass is 10.2. The van der Waals surface area contributed by atoms with E-state index >= 15 is 0 Å². The second-order valence-electron chi connectivity index (χ2n) is 5.12. The molecule has 124 valence electrons. The fraction of sp³-hybridized carbons (Fsp3) is 0.118. The molecule has 0 radical (unpaired) electrons. The van der Waals surface area contributed by atoms with Crippen LogP contribution in [0.4, 0.5) is 11.4 Å². The summed E-state index contributed by atoms with van der Waals surface area (Å²) in [6.07, 6.45) is 1.46. The maximum absolute atomic E-state index is 11.8. The smallest absolute Gasteiger partial charge is 0.329 e. The van der Waals surface area contributed by atoms with Crippen LogP contribution in [-0.2, 0) is 9.59 Å². The molecule has 2 aromatic carbocycles. The van der Waals surface area contributed by atoms with Gasteiger partial charge in [0.25, 0.3) is 0 Å². The van der Waals surface area contributed by atoms with Crippen LogP contribution in [0, 0.1) is 0 Å². The molecule has 2 N–H and O–H groups in total. The van der Waals surface area contributed by atoms with E-state index in [9.17, 15) is 9.59 Å². The minimum Gasteiger partial charge on any atom is -0.378 e. The molecule has 2 aromatic rings. The molecule has 2 amide bonds. The van der Waals surface area contributed by atoms with Gasteiger partial charge in [-0.25, -0.2) is 5.43 Å². The summed E-state index contributed by atoms with van der Waals surface area (Å²) in [5.41, 5.74) is 4.39. The van der Waals surface area contributed by atoms with Gasteiger partial charge in [0, 0.05) is 19.8 Å². The summed E-state index contributed by atoms with van der Waals surface area (Å²) in [4.78, 5) is 25.4. The molecule has 2 rings (SSSR count). The van der Waals surface area contributed by atoms with Gasteiger partial charge in [0.2, 0.25) is 0 Å². The topological polar surface area (TPSA) is 73.8 Å². The Morgan fingerprint density at radius 2 is 1.71 bits per heavy atom. The highest BCUT2D eigenvalue weighted by molar-refractivity contribution is 6.41. The second-order valence-corrected chi connectivity index (χ2v) is 5.53. The first-order valence-electron chi connectivity index (χ1n) is 7.13. The molecule has 0 heterocycles. The zero-order valence-electron chi connectivity index (χ0n) is 13.3. The number of rotatable bonds is 4. The molecule has 0 saturated carbocycles. The molecule has 0 aliphatic heterocycles. The molecule has 0 fully saturated rings. The van der Waals surface area contributed by atoms with E-state index in [0.29, 0.717) is 10.7 Å². The first kappa shape index (κ1) is 17.5. The van der Waals surface area contributed by atoms with E-state index in [0.717, 1.165) is 11.3 Å². The zero-order chi connectivity index (χ0) is 17.5. The molecular formula is C17H17ClN4O2. The number of carbonyl (C=O) groups excluding carboxylic acids is 2. The predicted molar refractivity (Wildman–Crippen MR) is 96.6 cm³/mol. The number of hydrazone groups is 1. The van der Waals surface area contributed by atoms with Crippen molar-refractivity contribution in [1.82, 2.24) is 5.43 Å². The van der Waals surface area contributed by atoms with Gasteiger partial charge in [0.05, 0.1) is 16.9 Å². The highest BCUT2D eigenvalue weighted by atomic mass is 35.5. The largest absolute Gasteiger partial charge is 0.378 e. The number of anilines is 2. The van der Waals surface area contributed by atoms with Crippen molar-refractivity contribution in [3.05, 3.63) is 59.1 Å². The Bertz CT molecular complexity index is 757. The maximum atomic E-state index is 11.8. The van der Waals surface area contributed by atoms with Crippen LogP contribution in [0.25, 0.3) is 0 Å². The lowest BCUT2D eigenvalue weighted by molar-refractivity contribution is -0.136. The molecule has 24 heavy (non-hydrogen) atoms. The molecule has 6 nitrogen and oxygen atoms in total. The molecule has 0 saturated heterocycles. The molecule has 0 atom stereocenters. The van der Waals surface area contributed by atoms with E-state index in [4.69, 9.17) is 11.6 Å². The van der Waals surface area contributed by atoms with Gasteiger partial charge in [-0.05, 0) is 29.8 Å². The Hall–Kier alpha value is -2.86. The van der Waals surface area contributed by atoms with Crippen LogP contribution in [0.2, 0.25) is 5.02 Å². The summed E-state index contributed by atoms with van der Waals surface area (Å²) in [5.74, 6) is -1.72. The van der Waals surface area contributed by atoms with E-state index in [1.165, 1.54) is 6.21 Å². The van der Waals surface area contributed by atoms with Crippen molar-refractivity contribution in [2.75, 3.05) is 24.3 Å². The van der Waals surface area contributed by atoms with E-state index in [1.807, 2.05) is 43.3 Å². The van der Waals surface area contributed by atoms with Crippen molar-refractivity contribution in [3.8, 4) is 0 Å². The zero-order valence-corrected chi connectivity index (χ0v) is 14.0. The van der Waals surface area contributed by atoms with Gasteiger partial charge in [-0.1, -0.05) is 35.9 Å². The average Bonchev–Trinajstić information content (AvgIpc) is 2.57. The fourth-order valence-corrected chi connectivity index (χ4v) is 2.00. The van der Waals surface area contributed by atoms with Crippen molar-refractivity contribution in [2.24, 2.45) is 5.10 Å². The van der Waals surface area contributed by atoms with E-state index in [2.05, 4.69) is 15.8 Å². The lowest BCUT2D eigenvalue weighted by Gasteiger charge is -2.11. The molecular weight excluding hydrogens is 328 g/mol. The molecule has 0 bridgehead atoms. The van der Waals surface area contributed by atoms with Gasteiger partial charge in [-0.3, -0.25) is 9.59 Å². The molecule has 0 spiro atoms.